The Bertz CT molecular complexity index is 459. The highest BCUT2D eigenvalue weighted by Gasteiger charge is 2.17. The number of nitrogens with zero attached hydrogens (tertiary/aromatic N) is 1. The van der Waals surface area contributed by atoms with Crippen LogP contribution in [0, 0.1) is 0 Å². The molecule has 0 unspecified atom stereocenters. The molecule has 0 aromatic carbocycles. The Morgan fingerprint density at radius 2 is 2.06 bits per heavy atom. The average Bonchev–Trinajstić information content (AvgIpc) is 2.29. The van der Waals surface area contributed by atoms with Gasteiger partial charge in [0.25, 0.3) is 0 Å². The molecule has 0 N–H and O–H groups in total. The molecule has 1 aromatic heterocycles. The van der Waals surface area contributed by atoms with E-state index in [-0.39, 0.29) is 17.1 Å². The molecular formula is C11H10ClNO4. The largest absolute Gasteiger partial charge is 0.469 e. The minimum absolute atomic E-state index is 0.0448. The second-order valence-electron chi connectivity index (χ2n) is 3.23. The molecule has 0 aliphatic rings. The first-order valence-electron chi connectivity index (χ1n) is 4.77. The summed E-state index contributed by atoms with van der Waals surface area (Å²) in [5.74, 6) is -1.64. The number of ketones is 2. The van der Waals surface area contributed by atoms with E-state index < -0.39 is 24.0 Å². The number of carbonyl (C=O) groups is 3. The number of hydrogen-bond acceptors (Lipinski definition) is 5. The first-order valence-corrected chi connectivity index (χ1v) is 5.14. The summed E-state index contributed by atoms with van der Waals surface area (Å²) in [6.07, 6.45) is 0.635. The van der Waals surface area contributed by atoms with Gasteiger partial charge in [0.1, 0.15) is 11.6 Å². The van der Waals surface area contributed by atoms with Crippen LogP contribution in [-0.4, -0.2) is 29.6 Å². The molecule has 17 heavy (non-hydrogen) atoms. The zero-order chi connectivity index (χ0) is 12.8. The lowest BCUT2D eigenvalue weighted by Crippen LogP contribution is -2.14. The molecule has 0 fully saturated rings. The van der Waals surface area contributed by atoms with Crippen LogP contribution < -0.4 is 0 Å². The van der Waals surface area contributed by atoms with E-state index in [4.69, 9.17) is 11.6 Å². The topological polar surface area (TPSA) is 73.3 Å². The van der Waals surface area contributed by atoms with Crippen molar-refractivity contribution in [2.75, 3.05) is 7.11 Å². The number of carbonyl (C=O) groups excluding carboxylic acids is 3. The number of ether oxygens (including phenoxy) is 1. The van der Waals surface area contributed by atoms with Gasteiger partial charge in [-0.25, -0.2) is 4.98 Å². The molecule has 0 aliphatic heterocycles. The number of hydrogen-bond donors (Lipinski definition) is 0. The molecule has 5 nitrogen and oxygen atoms in total. The fourth-order valence-corrected chi connectivity index (χ4v) is 1.39. The lowest BCUT2D eigenvalue weighted by Gasteiger charge is -2.01. The molecule has 0 radical (unpaired) electrons. The van der Waals surface area contributed by atoms with Crippen LogP contribution in [-0.2, 0) is 14.3 Å². The van der Waals surface area contributed by atoms with Gasteiger partial charge in [-0.05, 0) is 12.1 Å². The Balaban J connectivity index is 2.64. The van der Waals surface area contributed by atoms with Crippen LogP contribution in [0.3, 0.4) is 0 Å². The van der Waals surface area contributed by atoms with Gasteiger partial charge < -0.3 is 4.74 Å². The van der Waals surface area contributed by atoms with Gasteiger partial charge in [-0.1, -0.05) is 11.6 Å². The third-order valence-corrected chi connectivity index (χ3v) is 2.29. The first-order chi connectivity index (χ1) is 8.04. The van der Waals surface area contributed by atoms with E-state index in [0.717, 1.165) is 0 Å². The zero-order valence-corrected chi connectivity index (χ0v) is 9.86. The maximum absolute atomic E-state index is 11.6. The Hall–Kier alpha value is -1.75. The van der Waals surface area contributed by atoms with Crippen molar-refractivity contribution >= 4 is 29.1 Å². The van der Waals surface area contributed by atoms with Crippen molar-refractivity contribution in [1.82, 2.24) is 4.98 Å². The molecule has 1 aromatic rings. The molecular weight excluding hydrogens is 246 g/mol. The molecule has 0 saturated heterocycles. The number of Topliss-reactive ketones (excluding diaryl/α,β-unsaturated/α-hetero) is 2. The molecule has 6 heteroatoms. The Morgan fingerprint density at radius 3 is 2.65 bits per heavy atom. The molecule has 90 valence electrons. The van der Waals surface area contributed by atoms with E-state index in [1.807, 2.05) is 0 Å². The second kappa shape index (κ2) is 6.10. The van der Waals surface area contributed by atoms with E-state index >= 15 is 0 Å². The summed E-state index contributed by atoms with van der Waals surface area (Å²) in [6, 6.07) is 3.02. The van der Waals surface area contributed by atoms with Gasteiger partial charge in [-0.2, -0.15) is 0 Å². The summed E-state index contributed by atoms with van der Waals surface area (Å²) in [5, 5.41) is 0.0448. The quantitative estimate of drug-likeness (QED) is 0.344. The van der Waals surface area contributed by atoms with E-state index in [0.29, 0.717) is 0 Å². The fourth-order valence-electron chi connectivity index (χ4n) is 1.16. The van der Waals surface area contributed by atoms with Gasteiger partial charge in [0.15, 0.2) is 11.6 Å². The van der Waals surface area contributed by atoms with Crippen LogP contribution in [0.15, 0.2) is 18.3 Å². The number of methoxy groups -OCH3 is 1. The highest BCUT2D eigenvalue weighted by molar-refractivity contribution is 6.33. The predicted molar refractivity (Wildman–Crippen MR) is 59.8 cm³/mol. The van der Waals surface area contributed by atoms with E-state index in [2.05, 4.69) is 9.72 Å². The summed E-state index contributed by atoms with van der Waals surface area (Å²) in [5.41, 5.74) is 0.174. The molecule has 1 heterocycles. The van der Waals surface area contributed by atoms with Crippen molar-refractivity contribution in [2.24, 2.45) is 0 Å². The number of rotatable bonds is 5. The van der Waals surface area contributed by atoms with Crippen molar-refractivity contribution in [1.29, 1.82) is 0 Å². The highest BCUT2D eigenvalue weighted by Crippen LogP contribution is 2.14. The summed E-state index contributed by atoms with van der Waals surface area (Å²) in [6.45, 7) is 0. The molecule has 0 aliphatic carbocycles. The molecule has 0 amide bonds. The molecule has 1 rings (SSSR count). The molecule has 0 bridgehead atoms. The van der Waals surface area contributed by atoms with Crippen molar-refractivity contribution in [3.05, 3.63) is 29.0 Å². The van der Waals surface area contributed by atoms with Gasteiger partial charge in [0, 0.05) is 6.20 Å². The van der Waals surface area contributed by atoms with Gasteiger partial charge >= 0.3 is 5.97 Å². The minimum atomic E-state index is -0.667. The molecule has 0 saturated carbocycles. The maximum Gasteiger partial charge on any atom is 0.313 e. The van der Waals surface area contributed by atoms with Crippen LogP contribution >= 0.6 is 11.6 Å². The molecule has 0 spiro atoms. The van der Waals surface area contributed by atoms with Gasteiger partial charge in [-0.15, -0.1) is 0 Å². The normalized spacial score (nSPS) is 9.76. The van der Waals surface area contributed by atoms with Crippen molar-refractivity contribution in [2.45, 2.75) is 12.8 Å². The van der Waals surface area contributed by atoms with Crippen LogP contribution in [0.4, 0.5) is 0 Å². The van der Waals surface area contributed by atoms with Crippen molar-refractivity contribution in [3.8, 4) is 0 Å². The SMILES string of the molecule is COC(=O)CC(=O)CC(=O)c1cccnc1Cl. The maximum atomic E-state index is 11.6. The summed E-state index contributed by atoms with van der Waals surface area (Å²) in [7, 11) is 1.18. The van der Waals surface area contributed by atoms with E-state index in [1.54, 1.807) is 6.07 Å². The zero-order valence-electron chi connectivity index (χ0n) is 9.10. The Morgan fingerprint density at radius 1 is 1.35 bits per heavy atom. The number of pyridine rings is 1. The van der Waals surface area contributed by atoms with E-state index in [9.17, 15) is 14.4 Å². The number of esters is 1. The predicted octanol–water partition coefficient (Wildman–Crippen LogP) is 1.44. The second-order valence-corrected chi connectivity index (χ2v) is 3.59. The minimum Gasteiger partial charge on any atom is -0.469 e. The number of aromatic nitrogens is 1. The van der Waals surface area contributed by atoms with Crippen LogP contribution in [0.25, 0.3) is 0 Å². The van der Waals surface area contributed by atoms with Gasteiger partial charge in [0.2, 0.25) is 0 Å². The van der Waals surface area contributed by atoms with Crippen LogP contribution in [0.1, 0.15) is 23.2 Å². The lowest BCUT2D eigenvalue weighted by atomic mass is 10.1. The summed E-state index contributed by atoms with van der Waals surface area (Å²) < 4.78 is 4.32. The monoisotopic (exact) mass is 255 g/mol. The Labute approximate surface area is 103 Å². The molecule has 0 atom stereocenters. The van der Waals surface area contributed by atoms with Crippen molar-refractivity contribution < 1.29 is 19.1 Å². The highest BCUT2D eigenvalue weighted by atomic mass is 35.5. The standard InChI is InChI=1S/C11H10ClNO4/c1-17-10(16)6-7(14)5-9(15)8-3-2-4-13-11(8)12/h2-4H,5-6H2,1H3. The lowest BCUT2D eigenvalue weighted by molar-refractivity contribution is -0.143. The van der Waals surface area contributed by atoms with Gasteiger partial charge in [-0.3, -0.25) is 14.4 Å². The van der Waals surface area contributed by atoms with Crippen LogP contribution in [0.5, 0.6) is 0 Å². The summed E-state index contributed by atoms with van der Waals surface area (Å²) in [4.78, 5) is 37.5. The van der Waals surface area contributed by atoms with Crippen LogP contribution in [0.2, 0.25) is 5.15 Å². The smallest absolute Gasteiger partial charge is 0.313 e. The van der Waals surface area contributed by atoms with Gasteiger partial charge in [0.05, 0.1) is 19.1 Å². The van der Waals surface area contributed by atoms with Crippen molar-refractivity contribution in [3.63, 3.8) is 0 Å². The Kier molecular flexibility index (Phi) is 4.78. The number of halogens is 1. The fraction of sp³-hybridized carbons (Fsp3) is 0.273. The third kappa shape index (κ3) is 3.96. The first kappa shape index (κ1) is 13.3. The summed E-state index contributed by atoms with van der Waals surface area (Å²) >= 11 is 5.70. The van der Waals surface area contributed by atoms with E-state index in [1.165, 1.54) is 19.4 Å². The third-order valence-electron chi connectivity index (χ3n) is 1.99. The average molecular weight is 256 g/mol.